The molecule has 0 bridgehead atoms. The Morgan fingerprint density at radius 2 is 2.15 bits per heavy atom. The molecule has 1 aliphatic carbocycles. The maximum absolute atomic E-state index is 12.5. The largest absolute Gasteiger partial charge is 0.355 e. The molecule has 1 amide bonds. The van der Waals surface area contributed by atoms with E-state index in [-0.39, 0.29) is 17.4 Å². The number of aromatic nitrogens is 1. The first-order valence-corrected chi connectivity index (χ1v) is 9.56. The Morgan fingerprint density at radius 3 is 2.85 bits per heavy atom. The van der Waals surface area contributed by atoms with Gasteiger partial charge in [0.1, 0.15) is 0 Å². The number of amides is 1. The van der Waals surface area contributed by atoms with E-state index in [1.807, 2.05) is 26.8 Å². The predicted molar refractivity (Wildman–Crippen MR) is 107 cm³/mol. The van der Waals surface area contributed by atoms with Crippen molar-refractivity contribution in [3.8, 4) is 0 Å². The van der Waals surface area contributed by atoms with E-state index in [2.05, 4.69) is 47.0 Å². The van der Waals surface area contributed by atoms with Gasteiger partial charge in [-0.1, -0.05) is 39.5 Å². The number of aromatic amines is 1. The van der Waals surface area contributed by atoms with Gasteiger partial charge in [-0.25, -0.2) is 0 Å². The van der Waals surface area contributed by atoms with Crippen molar-refractivity contribution in [3.05, 3.63) is 41.6 Å². The minimum Gasteiger partial charge on any atom is -0.355 e. The molecule has 26 heavy (non-hydrogen) atoms. The first-order valence-electron chi connectivity index (χ1n) is 9.56. The van der Waals surface area contributed by atoms with Crippen molar-refractivity contribution >= 4 is 22.9 Å². The number of hydrogen-bond acceptors (Lipinski definition) is 2. The number of carbonyl (C=O) groups is 1. The third-order valence-corrected chi connectivity index (χ3v) is 6.10. The quantitative estimate of drug-likeness (QED) is 0.867. The molecule has 1 aliphatic heterocycles. The second-order valence-electron chi connectivity index (χ2n) is 8.96. The molecule has 0 spiro atoms. The van der Waals surface area contributed by atoms with E-state index in [4.69, 9.17) is 0 Å². The number of rotatable bonds is 2. The summed E-state index contributed by atoms with van der Waals surface area (Å²) in [5.41, 5.74) is 4.82. The zero-order valence-electron chi connectivity index (χ0n) is 16.2. The Hall–Kier alpha value is -2.07. The van der Waals surface area contributed by atoms with Gasteiger partial charge in [-0.05, 0) is 43.2 Å². The van der Waals surface area contributed by atoms with Gasteiger partial charge < -0.3 is 15.2 Å². The van der Waals surface area contributed by atoms with Gasteiger partial charge in [0.25, 0.3) is 0 Å². The fourth-order valence-corrected chi connectivity index (χ4v) is 4.74. The summed E-state index contributed by atoms with van der Waals surface area (Å²) < 4.78 is 0. The zero-order valence-corrected chi connectivity index (χ0v) is 16.2. The summed E-state index contributed by atoms with van der Waals surface area (Å²) in [6.07, 6.45) is 3.98. The molecule has 2 aliphatic rings. The summed E-state index contributed by atoms with van der Waals surface area (Å²) in [5, 5.41) is 4.66. The monoisotopic (exact) mass is 351 g/mol. The van der Waals surface area contributed by atoms with Crippen LogP contribution in [0.25, 0.3) is 17.0 Å². The van der Waals surface area contributed by atoms with E-state index in [0.29, 0.717) is 12.0 Å². The number of carbonyl (C=O) groups excluding carboxylic acids is 1. The second-order valence-corrected chi connectivity index (χ2v) is 8.96. The molecule has 3 atom stereocenters. The average molecular weight is 351 g/mol. The van der Waals surface area contributed by atoms with Crippen molar-refractivity contribution in [3.63, 3.8) is 0 Å². The molecule has 2 heterocycles. The average Bonchev–Trinajstić information content (AvgIpc) is 2.94. The molecule has 1 saturated heterocycles. The molecule has 2 aromatic rings. The lowest BCUT2D eigenvalue weighted by molar-refractivity contribution is -0.129. The number of likely N-dealkylation sites (tertiary alicyclic amines) is 1. The van der Waals surface area contributed by atoms with Crippen LogP contribution in [0.1, 0.15) is 49.9 Å². The van der Waals surface area contributed by atoms with Gasteiger partial charge in [0.2, 0.25) is 5.91 Å². The van der Waals surface area contributed by atoms with Gasteiger partial charge in [-0.2, -0.15) is 0 Å². The normalized spacial score (nSPS) is 25.8. The summed E-state index contributed by atoms with van der Waals surface area (Å²) in [4.78, 5) is 18.4. The van der Waals surface area contributed by atoms with Crippen molar-refractivity contribution < 1.29 is 4.79 Å². The van der Waals surface area contributed by atoms with E-state index in [1.165, 1.54) is 22.0 Å². The third kappa shape index (κ3) is 2.67. The van der Waals surface area contributed by atoms with Crippen LogP contribution in [0.15, 0.2) is 24.8 Å². The lowest BCUT2D eigenvalue weighted by atomic mass is 9.73. The number of likely N-dealkylation sites (N-methyl/N-ethyl adjacent to an activating group) is 1. The number of hydrogen-bond donors (Lipinski definition) is 2. The molecule has 4 rings (SSSR count). The molecule has 2 N–H and O–H groups in total. The lowest BCUT2D eigenvalue weighted by Crippen LogP contribution is -2.56. The van der Waals surface area contributed by atoms with E-state index >= 15 is 0 Å². The summed E-state index contributed by atoms with van der Waals surface area (Å²) >= 11 is 0. The van der Waals surface area contributed by atoms with E-state index in [1.54, 1.807) is 0 Å². The maximum atomic E-state index is 12.5. The van der Waals surface area contributed by atoms with Crippen LogP contribution in [-0.2, 0) is 11.2 Å². The van der Waals surface area contributed by atoms with Gasteiger partial charge in [-0.15, -0.1) is 0 Å². The first-order chi connectivity index (χ1) is 12.3. The molecule has 0 unspecified atom stereocenters. The van der Waals surface area contributed by atoms with Gasteiger partial charge >= 0.3 is 0 Å². The van der Waals surface area contributed by atoms with Crippen LogP contribution in [0.5, 0.6) is 0 Å². The van der Waals surface area contributed by atoms with Gasteiger partial charge in [0.05, 0.1) is 0 Å². The standard InChI is InChI=1S/C22H29N3O/c1-6-17-16-11-19-15(14-8-7-9-18(24-17)20(14)16)10-13(12-25(19)5)23-21(26)22(2,3)4/h6-9,13,15,19,24H,1,10-12H2,2-5H3,(H,23,26)/t13-,15+,19+/m0/s1. The molecule has 4 heteroatoms. The summed E-state index contributed by atoms with van der Waals surface area (Å²) in [5.74, 6) is 0.586. The lowest BCUT2D eigenvalue weighted by Gasteiger charge is -2.46. The molecular weight excluding hydrogens is 322 g/mol. The fourth-order valence-electron chi connectivity index (χ4n) is 4.74. The van der Waals surface area contributed by atoms with Crippen LogP contribution in [0.2, 0.25) is 0 Å². The highest BCUT2D eigenvalue weighted by atomic mass is 16.2. The number of fused-ring (bicyclic) bond motifs is 2. The van der Waals surface area contributed by atoms with Crippen LogP contribution in [0, 0.1) is 5.41 Å². The van der Waals surface area contributed by atoms with Crippen molar-refractivity contribution in [1.82, 2.24) is 15.2 Å². The first kappa shape index (κ1) is 17.3. The minimum atomic E-state index is -0.353. The topological polar surface area (TPSA) is 48.1 Å². The molecule has 4 nitrogen and oxygen atoms in total. The number of benzene rings is 1. The van der Waals surface area contributed by atoms with Crippen LogP contribution in [0.4, 0.5) is 0 Å². The highest BCUT2D eigenvalue weighted by molar-refractivity contribution is 5.91. The summed E-state index contributed by atoms with van der Waals surface area (Å²) in [6.45, 7) is 10.8. The van der Waals surface area contributed by atoms with E-state index in [9.17, 15) is 4.79 Å². The molecule has 1 aromatic carbocycles. The van der Waals surface area contributed by atoms with Gasteiger partial charge in [0.15, 0.2) is 0 Å². The van der Waals surface area contributed by atoms with E-state index in [0.717, 1.165) is 25.1 Å². The molecule has 1 fully saturated rings. The van der Waals surface area contributed by atoms with Crippen molar-refractivity contribution in [1.29, 1.82) is 0 Å². The molecule has 138 valence electrons. The highest BCUT2D eigenvalue weighted by Crippen LogP contribution is 2.44. The number of nitrogens with one attached hydrogen (secondary N) is 2. The summed E-state index contributed by atoms with van der Waals surface area (Å²) in [7, 11) is 2.19. The van der Waals surface area contributed by atoms with Crippen LogP contribution in [0.3, 0.4) is 0 Å². The van der Waals surface area contributed by atoms with Crippen molar-refractivity contribution in [2.75, 3.05) is 13.6 Å². The second kappa shape index (κ2) is 5.98. The summed E-state index contributed by atoms with van der Waals surface area (Å²) in [6, 6.07) is 7.24. The SMILES string of the molecule is C=Cc1[nH]c2cccc3c2c1C[C@@H]1[C@@H]3C[C@H](NC(=O)C(C)(C)C)CN1C. The molecule has 0 radical (unpaired) electrons. The fraction of sp³-hybridized carbons (Fsp3) is 0.500. The van der Waals surface area contributed by atoms with Crippen LogP contribution < -0.4 is 5.32 Å². The Kier molecular flexibility index (Phi) is 3.99. The third-order valence-electron chi connectivity index (χ3n) is 6.10. The Balaban J connectivity index is 1.70. The Labute approximate surface area is 155 Å². The smallest absolute Gasteiger partial charge is 0.225 e. The number of nitrogens with zero attached hydrogens (tertiary/aromatic N) is 1. The van der Waals surface area contributed by atoms with E-state index < -0.39 is 0 Å². The van der Waals surface area contributed by atoms with Crippen molar-refractivity contribution in [2.24, 2.45) is 5.41 Å². The molecule has 1 aromatic heterocycles. The van der Waals surface area contributed by atoms with Crippen LogP contribution in [-0.4, -0.2) is 41.5 Å². The molecular formula is C22H29N3O. The number of piperidine rings is 1. The van der Waals surface area contributed by atoms with Crippen molar-refractivity contribution in [2.45, 2.75) is 51.6 Å². The maximum Gasteiger partial charge on any atom is 0.225 e. The number of H-pyrrole nitrogens is 1. The minimum absolute atomic E-state index is 0.139. The van der Waals surface area contributed by atoms with Gasteiger partial charge in [0, 0.05) is 46.6 Å². The Bertz CT molecular complexity index is 873. The Morgan fingerprint density at radius 1 is 1.38 bits per heavy atom. The molecule has 0 saturated carbocycles. The highest BCUT2D eigenvalue weighted by Gasteiger charge is 2.41. The predicted octanol–water partition coefficient (Wildman–Crippen LogP) is 3.69. The van der Waals surface area contributed by atoms with Crippen LogP contribution >= 0.6 is 0 Å². The zero-order chi connectivity index (χ0) is 18.6. The van der Waals surface area contributed by atoms with Gasteiger partial charge in [-0.3, -0.25) is 4.79 Å².